The van der Waals surface area contributed by atoms with Gasteiger partial charge in [0.15, 0.2) is 0 Å². The molecule has 2 nitrogen and oxygen atoms in total. The lowest BCUT2D eigenvalue weighted by Gasteiger charge is -2.18. The number of rotatable bonds is 10. The van der Waals surface area contributed by atoms with Crippen LogP contribution in [0.2, 0.25) is 0 Å². The highest BCUT2D eigenvalue weighted by Crippen LogP contribution is 2.18. The van der Waals surface area contributed by atoms with E-state index in [0.717, 1.165) is 19.4 Å². The average molecular weight is 318 g/mol. The van der Waals surface area contributed by atoms with E-state index in [-0.39, 0.29) is 5.72 Å². The van der Waals surface area contributed by atoms with Crippen LogP contribution < -0.4 is 5.32 Å². The van der Waals surface area contributed by atoms with Gasteiger partial charge in [-0.1, -0.05) is 63.3 Å². The Morgan fingerprint density at radius 3 is 2.17 bits per heavy atom. The summed E-state index contributed by atoms with van der Waals surface area (Å²) < 4.78 is 5.73. The summed E-state index contributed by atoms with van der Waals surface area (Å²) in [5.41, 5.74) is 2.79. The molecule has 2 heteroatoms. The first-order valence-electron chi connectivity index (χ1n) is 9.58. The molecule has 1 heterocycles. The maximum absolute atomic E-state index is 5.73. The third-order valence-electron chi connectivity index (χ3n) is 4.82. The van der Waals surface area contributed by atoms with Crippen LogP contribution in [0.4, 0.5) is 0 Å². The molecule has 0 spiro atoms. The first-order chi connectivity index (χ1) is 11.1. The van der Waals surface area contributed by atoms with Crippen molar-refractivity contribution in [2.45, 2.75) is 90.3 Å². The summed E-state index contributed by atoms with van der Waals surface area (Å²) in [6.45, 7) is 7.31. The molecule has 1 aliphatic heterocycles. The van der Waals surface area contributed by atoms with E-state index in [2.05, 4.69) is 50.4 Å². The highest BCUT2D eigenvalue weighted by Gasteiger charge is 2.30. The summed E-state index contributed by atoms with van der Waals surface area (Å²) in [7, 11) is 0. The average Bonchev–Trinajstić information content (AvgIpc) is 2.89. The van der Waals surface area contributed by atoms with Crippen LogP contribution in [0.15, 0.2) is 24.3 Å². The van der Waals surface area contributed by atoms with E-state index in [9.17, 15) is 0 Å². The minimum Gasteiger partial charge on any atom is -0.360 e. The number of hydrogen-bond donors (Lipinski definition) is 1. The van der Waals surface area contributed by atoms with Gasteiger partial charge in [-0.15, -0.1) is 0 Å². The van der Waals surface area contributed by atoms with Crippen LogP contribution in [-0.4, -0.2) is 18.4 Å². The fourth-order valence-electron chi connectivity index (χ4n) is 3.36. The molecule has 0 unspecified atom stereocenters. The largest absolute Gasteiger partial charge is 0.360 e. The molecule has 1 saturated heterocycles. The Hall–Kier alpha value is -0.860. The van der Waals surface area contributed by atoms with Crippen molar-refractivity contribution >= 4 is 0 Å². The molecule has 0 radical (unpaired) electrons. The molecule has 23 heavy (non-hydrogen) atoms. The number of benzene rings is 1. The van der Waals surface area contributed by atoms with E-state index in [1.807, 2.05) is 0 Å². The van der Waals surface area contributed by atoms with Crippen molar-refractivity contribution in [3.8, 4) is 0 Å². The maximum Gasteiger partial charge on any atom is 0.113 e. The van der Waals surface area contributed by atoms with E-state index in [1.165, 1.54) is 56.1 Å². The van der Waals surface area contributed by atoms with Gasteiger partial charge in [0.2, 0.25) is 0 Å². The molecule has 0 amide bonds. The quantitative estimate of drug-likeness (QED) is 0.595. The standard InChI is InChI=1S/C21H35NO/c1-4-5-6-7-8-9-10-18-11-13-19(14-12-18)15-16-20-17-23-21(2,3)22-20/h11-14,20,22H,4-10,15-17H2,1-3H3/t20-/m1/s1. The van der Waals surface area contributed by atoms with Crippen molar-refractivity contribution in [1.29, 1.82) is 0 Å². The molecular weight excluding hydrogens is 282 g/mol. The van der Waals surface area contributed by atoms with Crippen LogP contribution in [0.5, 0.6) is 0 Å². The molecule has 1 aromatic carbocycles. The zero-order valence-electron chi connectivity index (χ0n) is 15.4. The van der Waals surface area contributed by atoms with Gasteiger partial charge >= 0.3 is 0 Å². The summed E-state index contributed by atoms with van der Waals surface area (Å²) in [5.74, 6) is 0. The molecule has 1 N–H and O–H groups in total. The Morgan fingerprint density at radius 1 is 0.957 bits per heavy atom. The lowest BCUT2D eigenvalue weighted by atomic mass is 10.0. The van der Waals surface area contributed by atoms with E-state index >= 15 is 0 Å². The first kappa shape index (κ1) is 18.5. The highest BCUT2D eigenvalue weighted by molar-refractivity contribution is 5.22. The van der Waals surface area contributed by atoms with Crippen molar-refractivity contribution in [2.24, 2.45) is 0 Å². The molecule has 1 aromatic rings. The van der Waals surface area contributed by atoms with Crippen LogP contribution in [0, 0.1) is 0 Å². The van der Waals surface area contributed by atoms with Crippen molar-refractivity contribution in [1.82, 2.24) is 5.32 Å². The van der Waals surface area contributed by atoms with Gasteiger partial charge in [-0.2, -0.15) is 0 Å². The van der Waals surface area contributed by atoms with Gasteiger partial charge in [0, 0.05) is 6.04 Å². The topological polar surface area (TPSA) is 21.3 Å². The second-order valence-corrected chi connectivity index (χ2v) is 7.54. The molecule has 0 aromatic heterocycles. The van der Waals surface area contributed by atoms with Crippen LogP contribution in [0.3, 0.4) is 0 Å². The summed E-state index contributed by atoms with van der Waals surface area (Å²) in [5, 5.41) is 3.54. The van der Waals surface area contributed by atoms with Gasteiger partial charge < -0.3 is 4.74 Å². The summed E-state index contributed by atoms with van der Waals surface area (Å²) in [6.07, 6.45) is 11.8. The van der Waals surface area contributed by atoms with Gasteiger partial charge in [-0.3, -0.25) is 5.32 Å². The summed E-state index contributed by atoms with van der Waals surface area (Å²) >= 11 is 0. The second-order valence-electron chi connectivity index (χ2n) is 7.54. The van der Waals surface area contributed by atoms with Gasteiger partial charge in [0.05, 0.1) is 6.61 Å². The second kappa shape index (κ2) is 9.44. The first-order valence-corrected chi connectivity index (χ1v) is 9.58. The van der Waals surface area contributed by atoms with Crippen molar-refractivity contribution in [2.75, 3.05) is 6.61 Å². The number of hydrogen-bond acceptors (Lipinski definition) is 2. The van der Waals surface area contributed by atoms with Gasteiger partial charge in [0.1, 0.15) is 5.72 Å². The minimum atomic E-state index is -0.147. The maximum atomic E-state index is 5.73. The monoisotopic (exact) mass is 317 g/mol. The van der Waals surface area contributed by atoms with E-state index in [4.69, 9.17) is 4.74 Å². The predicted octanol–water partition coefficient (Wildman–Crippen LogP) is 5.25. The fourth-order valence-corrected chi connectivity index (χ4v) is 3.36. The highest BCUT2D eigenvalue weighted by atomic mass is 16.5. The molecule has 0 saturated carbocycles. The SMILES string of the molecule is CCCCCCCCc1ccc(CC[C@@H]2COC(C)(C)N2)cc1. The molecular formula is C21H35NO. The Morgan fingerprint density at radius 2 is 1.57 bits per heavy atom. The lowest BCUT2D eigenvalue weighted by Crippen LogP contribution is -2.38. The van der Waals surface area contributed by atoms with E-state index in [0.29, 0.717) is 6.04 Å². The zero-order valence-corrected chi connectivity index (χ0v) is 15.4. The van der Waals surface area contributed by atoms with Crippen molar-refractivity contribution in [3.63, 3.8) is 0 Å². The van der Waals surface area contributed by atoms with Crippen LogP contribution in [0.1, 0.15) is 76.8 Å². The number of unbranched alkanes of at least 4 members (excludes halogenated alkanes) is 5. The third-order valence-corrected chi connectivity index (χ3v) is 4.82. The van der Waals surface area contributed by atoms with Crippen LogP contribution in [-0.2, 0) is 17.6 Å². The van der Waals surface area contributed by atoms with E-state index < -0.39 is 0 Å². The molecule has 2 rings (SSSR count). The summed E-state index contributed by atoms with van der Waals surface area (Å²) in [4.78, 5) is 0. The van der Waals surface area contributed by atoms with Gasteiger partial charge in [-0.25, -0.2) is 0 Å². The smallest absolute Gasteiger partial charge is 0.113 e. The molecule has 1 fully saturated rings. The number of nitrogens with one attached hydrogen (secondary N) is 1. The summed E-state index contributed by atoms with van der Waals surface area (Å²) in [6, 6.07) is 9.77. The van der Waals surface area contributed by atoms with E-state index in [1.54, 1.807) is 0 Å². The molecule has 1 aliphatic rings. The Bertz CT molecular complexity index is 438. The Labute approximate surface area is 143 Å². The molecule has 0 aliphatic carbocycles. The third kappa shape index (κ3) is 7.05. The molecule has 130 valence electrons. The van der Waals surface area contributed by atoms with Crippen LogP contribution >= 0.6 is 0 Å². The Kier molecular flexibility index (Phi) is 7.58. The zero-order chi connectivity index (χ0) is 16.5. The normalized spacial score (nSPS) is 20.0. The van der Waals surface area contributed by atoms with Crippen molar-refractivity contribution < 1.29 is 4.74 Å². The number of aryl methyl sites for hydroxylation is 2. The molecule has 1 atom stereocenters. The van der Waals surface area contributed by atoms with Crippen molar-refractivity contribution in [3.05, 3.63) is 35.4 Å². The lowest BCUT2D eigenvalue weighted by molar-refractivity contribution is 0.0231. The minimum absolute atomic E-state index is 0.147. The van der Waals surface area contributed by atoms with Gasteiger partial charge in [-0.05, 0) is 50.7 Å². The fraction of sp³-hybridized carbons (Fsp3) is 0.714. The Balaban J connectivity index is 1.62. The molecule has 0 bridgehead atoms. The predicted molar refractivity (Wildman–Crippen MR) is 98.8 cm³/mol. The number of ether oxygens (including phenoxy) is 1. The van der Waals surface area contributed by atoms with Gasteiger partial charge in [0.25, 0.3) is 0 Å². The van der Waals surface area contributed by atoms with Crippen LogP contribution in [0.25, 0.3) is 0 Å².